The van der Waals surface area contributed by atoms with Crippen LogP contribution in [0.3, 0.4) is 0 Å². The molecule has 0 amide bonds. The van der Waals surface area contributed by atoms with Gasteiger partial charge < -0.3 is 9.73 Å². The normalized spacial score (nSPS) is 19.8. The van der Waals surface area contributed by atoms with Crippen molar-refractivity contribution in [2.45, 2.75) is 65.2 Å². The van der Waals surface area contributed by atoms with Gasteiger partial charge in [0.05, 0.1) is 12.8 Å². The molecular weight excluding hydrogens is 224 g/mol. The molecule has 1 saturated heterocycles. The minimum Gasteiger partial charge on any atom is -0.468 e. The molecule has 102 valence electrons. The second-order valence-corrected chi connectivity index (χ2v) is 6.24. The zero-order valence-corrected chi connectivity index (χ0v) is 12.1. The minimum absolute atomic E-state index is 0.315. The number of hydrogen-bond donors (Lipinski definition) is 1. The van der Waals surface area contributed by atoms with Crippen molar-refractivity contribution in [3.8, 4) is 0 Å². The van der Waals surface area contributed by atoms with E-state index in [4.69, 9.17) is 4.42 Å². The van der Waals surface area contributed by atoms with Crippen molar-refractivity contribution in [1.29, 1.82) is 0 Å². The van der Waals surface area contributed by atoms with Crippen LogP contribution in [0.5, 0.6) is 0 Å². The molecule has 1 aromatic heterocycles. The average molecular weight is 250 g/mol. The molecule has 2 heterocycles. The number of furan rings is 1. The van der Waals surface area contributed by atoms with E-state index in [0.717, 1.165) is 18.8 Å². The first-order valence-corrected chi connectivity index (χ1v) is 7.03. The highest BCUT2D eigenvalue weighted by molar-refractivity contribution is 5.17. The molecule has 2 rings (SSSR count). The van der Waals surface area contributed by atoms with Gasteiger partial charge in [-0.2, -0.15) is 0 Å². The predicted octanol–water partition coefficient (Wildman–Crippen LogP) is 3.15. The zero-order chi connectivity index (χ0) is 13.2. The van der Waals surface area contributed by atoms with Crippen molar-refractivity contribution in [1.82, 2.24) is 10.2 Å². The SMILES string of the molecule is CC(C)NCc1ccoc1CN1CCCC1(C)C. The minimum atomic E-state index is 0.315. The highest BCUT2D eigenvalue weighted by Crippen LogP contribution is 2.30. The highest BCUT2D eigenvalue weighted by Gasteiger charge is 2.32. The van der Waals surface area contributed by atoms with Crippen molar-refractivity contribution in [3.63, 3.8) is 0 Å². The highest BCUT2D eigenvalue weighted by atomic mass is 16.3. The number of rotatable bonds is 5. The maximum atomic E-state index is 5.67. The van der Waals surface area contributed by atoms with Gasteiger partial charge in [0.2, 0.25) is 0 Å². The van der Waals surface area contributed by atoms with Crippen molar-refractivity contribution in [2.24, 2.45) is 0 Å². The lowest BCUT2D eigenvalue weighted by Crippen LogP contribution is -2.37. The summed E-state index contributed by atoms with van der Waals surface area (Å²) in [5.41, 5.74) is 1.61. The van der Waals surface area contributed by atoms with Gasteiger partial charge in [0, 0.05) is 23.7 Å². The third-order valence-corrected chi connectivity index (χ3v) is 3.95. The van der Waals surface area contributed by atoms with Crippen LogP contribution in [0, 0.1) is 0 Å². The third kappa shape index (κ3) is 3.15. The Kier molecular flexibility index (Phi) is 4.13. The first-order valence-electron chi connectivity index (χ1n) is 7.03. The molecule has 1 aliphatic heterocycles. The van der Waals surface area contributed by atoms with Gasteiger partial charge >= 0.3 is 0 Å². The van der Waals surface area contributed by atoms with Gasteiger partial charge in [-0.15, -0.1) is 0 Å². The van der Waals surface area contributed by atoms with Gasteiger partial charge in [0.15, 0.2) is 0 Å². The van der Waals surface area contributed by atoms with Crippen LogP contribution in [0.1, 0.15) is 51.9 Å². The lowest BCUT2D eigenvalue weighted by Gasteiger charge is -2.31. The Balaban J connectivity index is 1.99. The fraction of sp³-hybridized carbons (Fsp3) is 0.733. The Bertz CT molecular complexity index is 382. The summed E-state index contributed by atoms with van der Waals surface area (Å²) in [6.45, 7) is 12.0. The molecule has 1 N–H and O–H groups in total. The maximum Gasteiger partial charge on any atom is 0.122 e. The van der Waals surface area contributed by atoms with E-state index in [1.54, 1.807) is 0 Å². The first-order chi connectivity index (χ1) is 8.49. The Morgan fingerprint density at radius 2 is 2.22 bits per heavy atom. The van der Waals surface area contributed by atoms with Gasteiger partial charge in [-0.25, -0.2) is 0 Å². The smallest absolute Gasteiger partial charge is 0.122 e. The second kappa shape index (κ2) is 5.45. The average Bonchev–Trinajstić information content (AvgIpc) is 2.84. The van der Waals surface area contributed by atoms with Crippen LogP contribution in [0.4, 0.5) is 0 Å². The summed E-state index contributed by atoms with van der Waals surface area (Å²) in [6, 6.07) is 2.60. The Hall–Kier alpha value is -0.800. The van der Waals surface area contributed by atoms with E-state index in [9.17, 15) is 0 Å². The lowest BCUT2D eigenvalue weighted by atomic mass is 10.0. The molecule has 1 aromatic rings. The molecule has 0 aromatic carbocycles. The summed E-state index contributed by atoms with van der Waals surface area (Å²) in [5.74, 6) is 1.12. The van der Waals surface area contributed by atoms with Crippen molar-refractivity contribution in [2.75, 3.05) is 6.54 Å². The van der Waals surface area contributed by atoms with E-state index in [1.165, 1.54) is 24.9 Å². The molecule has 3 nitrogen and oxygen atoms in total. The molecule has 18 heavy (non-hydrogen) atoms. The van der Waals surface area contributed by atoms with Gasteiger partial charge in [-0.1, -0.05) is 13.8 Å². The standard InChI is InChI=1S/C15H26N2O/c1-12(2)16-10-13-6-9-18-14(13)11-17-8-5-7-15(17,3)4/h6,9,12,16H,5,7-8,10-11H2,1-4H3. The van der Waals surface area contributed by atoms with Crippen LogP contribution >= 0.6 is 0 Å². The van der Waals surface area contributed by atoms with Crippen LogP contribution < -0.4 is 5.32 Å². The fourth-order valence-corrected chi connectivity index (χ4v) is 2.61. The molecule has 3 heteroatoms. The van der Waals surface area contributed by atoms with Gasteiger partial charge in [0.25, 0.3) is 0 Å². The predicted molar refractivity (Wildman–Crippen MR) is 74.4 cm³/mol. The first kappa shape index (κ1) is 13.6. The van der Waals surface area contributed by atoms with Crippen LogP contribution in [0.15, 0.2) is 16.7 Å². The van der Waals surface area contributed by atoms with Crippen LogP contribution in [-0.4, -0.2) is 23.0 Å². The largest absolute Gasteiger partial charge is 0.468 e. The lowest BCUT2D eigenvalue weighted by molar-refractivity contribution is 0.153. The molecule has 1 aliphatic rings. The Labute approximate surface area is 111 Å². The third-order valence-electron chi connectivity index (χ3n) is 3.95. The molecular formula is C15H26N2O. The zero-order valence-electron chi connectivity index (χ0n) is 12.1. The van der Waals surface area contributed by atoms with Crippen molar-refractivity contribution >= 4 is 0 Å². The summed E-state index contributed by atoms with van der Waals surface area (Å²) >= 11 is 0. The van der Waals surface area contributed by atoms with Crippen molar-refractivity contribution < 1.29 is 4.42 Å². The topological polar surface area (TPSA) is 28.4 Å². The fourth-order valence-electron chi connectivity index (χ4n) is 2.61. The van der Waals surface area contributed by atoms with E-state index >= 15 is 0 Å². The van der Waals surface area contributed by atoms with Crippen LogP contribution in [-0.2, 0) is 13.1 Å². The van der Waals surface area contributed by atoms with E-state index < -0.39 is 0 Å². The number of hydrogen-bond acceptors (Lipinski definition) is 3. The molecule has 0 saturated carbocycles. The molecule has 1 fully saturated rings. The summed E-state index contributed by atoms with van der Waals surface area (Å²) in [7, 11) is 0. The van der Waals surface area contributed by atoms with Gasteiger partial charge in [0.1, 0.15) is 5.76 Å². The summed E-state index contributed by atoms with van der Waals surface area (Å²) in [6.07, 6.45) is 4.40. The van der Waals surface area contributed by atoms with E-state index in [2.05, 4.69) is 44.0 Å². The molecule has 0 aliphatic carbocycles. The quantitative estimate of drug-likeness (QED) is 0.870. The number of likely N-dealkylation sites (tertiary alicyclic amines) is 1. The molecule has 0 radical (unpaired) electrons. The molecule has 0 bridgehead atoms. The summed E-state index contributed by atoms with van der Waals surface area (Å²) in [4.78, 5) is 2.53. The molecule has 0 atom stereocenters. The number of nitrogens with one attached hydrogen (secondary N) is 1. The maximum absolute atomic E-state index is 5.67. The Morgan fingerprint density at radius 1 is 1.44 bits per heavy atom. The van der Waals surface area contributed by atoms with E-state index in [0.29, 0.717) is 11.6 Å². The Morgan fingerprint density at radius 3 is 2.83 bits per heavy atom. The van der Waals surface area contributed by atoms with E-state index in [1.807, 2.05) is 6.26 Å². The van der Waals surface area contributed by atoms with Gasteiger partial charge in [-0.05, 0) is 39.3 Å². The summed E-state index contributed by atoms with van der Waals surface area (Å²) < 4.78 is 5.67. The van der Waals surface area contributed by atoms with Crippen molar-refractivity contribution in [3.05, 3.63) is 23.7 Å². The summed E-state index contributed by atoms with van der Waals surface area (Å²) in [5, 5.41) is 3.46. The number of nitrogens with zero attached hydrogens (tertiary/aromatic N) is 1. The molecule has 0 unspecified atom stereocenters. The second-order valence-electron chi connectivity index (χ2n) is 6.24. The monoisotopic (exact) mass is 250 g/mol. The van der Waals surface area contributed by atoms with Gasteiger partial charge in [-0.3, -0.25) is 4.90 Å². The van der Waals surface area contributed by atoms with Crippen LogP contribution in [0.25, 0.3) is 0 Å². The van der Waals surface area contributed by atoms with E-state index in [-0.39, 0.29) is 0 Å². The molecule has 0 spiro atoms. The van der Waals surface area contributed by atoms with Crippen LogP contribution in [0.2, 0.25) is 0 Å².